The molecule has 0 radical (unpaired) electrons. The Morgan fingerprint density at radius 2 is 1.33 bits per heavy atom. The zero-order valence-corrected chi connectivity index (χ0v) is 11.9. The largest absolute Gasteiger partial charge is 0.694 e. The van der Waals surface area contributed by atoms with Gasteiger partial charge in [0.2, 0.25) is 23.5 Å². The van der Waals surface area contributed by atoms with Gasteiger partial charge in [-0.25, -0.2) is 0 Å². The van der Waals surface area contributed by atoms with Gasteiger partial charge in [0.1, 0.15) is 0 Å². The minimum Gasteiger partial charge on any atom is -0.310 e. The van der Waals surface area contributed by atoms with Crippen LogP contribution in [-0.4, -0.2) is 35.0 Å². The topological polar surface area (TPSA) is 134 Å². The molecule has 0 aromatic heterocycles. The van der Waals surface area contributed by atoms with Gasteiger partial charge >= 0.3 is 8.25 Å². The number of nitrogens with one attached hydrogen (secondary N) is 3. The molecule has 9 nitrogen and oxygen atoms in total. The van der Waals surface area contributed by atoms with E-state index < -0.39 is 38.4 Å². The summed E-state index contributed by atoms with van der Waals surface area (Å²) in [7, 11) is -3.03. The molecule has 0 aromatic rings. The Balaban J connectivity index is 5.46. The molecule has 0 bridgehead atoms. The van der Waals surface area contributed by atoms with Crippen molar-refractivity contribution in [3.63, 3.8) is 0 Å². The summed E-state index contributed by atoms with van der Waals surface area (Å²) in [5.41, 5.74) is 0. The molecule has 3 amide bonds. The summed E-state index contributed by atoms with van der Waals surface area (Å²) >= 11 is 0. The number of hydrogen-bond donors (Lipinski definition) is 4. The third kappa shape index (κ3) is 7.11. The maximum Gasteiger partial charge on any atom is 0.694 e. The second-order valence-electron chi connectivity index (χ2n) is 3.50. The van der Waals surface area contributed by atoms with Crippen LogP contribution in [0, 0.1) is 0 Å². The minimum atomic E-state index is -3.03. The van der Waals surface area contributed by atoms with Gasteiger partial charge in [-0.15, -0.1) is 9.42 Å². The zero-order valence-electron chi connectivity index (χ0n) is 11.0. The molecule has 10 heteroatoms. The van der Waals surface area contributed by atoms with Crippen LogP contribution < -0.4 is 16.0 Å². The molecule has 0 spiro atoms. The van der Waals surface area contributed by atoms with Crippen LogP contribution in [0.3, 0.4) is 0 Å². The monoisotopic (exact) mass is 316 g/mol. The molecule has 0 aliphatic heterocycles. The lowest BCUT2D eigenvalue weighted by atomic mass is 10.3. The Kier molecular flexibility index (Phi) is 7.77. The van der Waals surface area contributed by atoms with Gasteiger partial charge in [0.25, 0.3) is 0 Å². The third-order valence-electron chi connectivity index (χ3n) is 1.96. The summed E-state index contributed by atoms with van der Waals surface area (Å²) in [6.45, 7) is 8.91. The standard InChI is InChI=1S/C11H14N3O6P/c1-4-8(15)12-11(7-20-21(18)19,13-9(16)5-2)14-10(17)6-3/h4-6H,1-3,7H2,(H3-,12,13,14,15,16,17,18,19)/p+1. The predicted molar refractivity (Wildman–Crippen MR) is 73.5 cm³/mol. The highest BCUT2D eigenvalue weighted by molar-refractivity contribution is 7.32. The Morgan fingerprint density at radius 3 is 1.57 bits per heavy atom. The van der Waals surface area contributed by atoms with Crippen LogP contribution in [0.5, 0.6) is 0 Å². The average molecular weight is 316 g/mol. The molecular weight excluding hydrogens is 301 g/mol. The molecule has 0 rings (SSSR count). The van der Waals surface area contributed by atoms with E-state index >= 15 is 0 Å². The van der Waals surface area contributed by atoms with Crippen LogP contribution in [-0.2, 0) is 23.5 Å². The Hall–Kier alpha value is -2.35. The quantitative estimate of drug-likeness (QED) is 0.250. The van der Waals surface area contributed by atoms with Crippen molar-refractivity contribution in [3.05, 3.63) is 38.0 Å². The van der Waals surface area contributed by atoms with Gasteiger partial charge in [-0.05, 0) is 18.2 Å². The van der Waals surface area contributed by atoms with Crippen molar-refractivity contribution in [3.8, 4) is 0 Å². The van der Waals surface area contributed by atoms with Gasteiger partial charge < -0.3 is 16.0 Å². The molecule has 1 atom stereocenters. The van der Waals surface area contributed by atoms with E-state index in [0.717, 1.165) is 18.2 Å². The molecule has 21 heavy (non-hydrogen) atoms. The number of carbonyl (C=O) groups excluding carboxylic acids is 3. The van der Waals surface area contributed by atoms with Gasteiger partial charge in [-0.3, -0.25) is 14.4 Å². The molecule has 114 valence electrons. The van der Waals surface area contributed by atoms with Crippen molar-refractivity contribution in [2.24, 2.45) is 0 Å². The van der Waals surface area contributed by atoms with Crippen molar-refractivity contribution < 1.29 is 28.4 Å². The van der Waals surface area contributed by atoms with Crippen LogP contribution >= 0.6 is 8.25 Å². The van der Waals surface area contributed by atoms with E-state index in [1.54, 1.807) is 0 Å². The van der Waals surface area contributed by atoms with E-state index in [1.807, 2.05) is 0 Å². The molecule has 0 saturated carbocycles. The predicted octanol–water partition coefficient (Wildman–Crippen LogP) is -0.787. The maximum atomic E-state index is 11.4. The van der Waals surface area contributed by atoms with E-state index in [4.69, 9.17) is 4.89 Å². The Morgan fingerprint density at radius 1 is 1.00 bits per heavy atom. The number of rotatable bonds is 9. The van der Waals surface area contributed by atoms with Crippen molar-refractivity contribution in [2.45, 2.75) is 5.79 Å². The fraction of sp³-hybridized carbons (Fsp3) is 0.182. The molecule has 0 saturated heterocycles. The van der Waals surface area contributed by atoms with E-state index in [1.165, 1.54) is 0 Å². The highest BCUT2D eigenvalue weighted by Gasteiger charge is 2.38. The van der Waals surface area contributed by atoms with E-state index in [9.17, 15) is 18.9 Å². The first-order valence-electron chi connectivity index (χ1n) is 5.41. The summed E-state index contributed by atoms with van der Waals surface area (Å²) in [6, 6.07) is 0. The Labute approximate surface area is 121 Å². The lowest BCUT2D eigenvalue weighted by Gasteiger charge is -2.33. The summed E-state index contributed by atoms with van der Waals surface area (Å²) in [4.78, 5) is 43.0. The number of amides is 3. The van der Waals surface area contributed by atoms with Crippen molar-refractivity contribution in [1.29, 1.82) is 0 Å². The smallest absolute Gasteiger partial charge is 0.310 e. The second-order valence-corrected chi connectivity index (χ2v) is 4.23. The number of hydrogen-bond acceptors (Lipinski definition) is 5. The van der Waals surface area contributed by atoms with Crippen molar-refractivity contribution in [1.82, 2.24) is 16.0 Å². The zero-order chi connectivity index (χ0) is 16.5. The van der Waals surface area contributed by atoms with Gasteiger partial charge in [-0.1, -0.05) is 19.7 Å². The van der Waals surface area contributed by atoms with E-state index in [2.05, 4.69) is 40.2 Å². The van der Waals surface area contributed by atoms with Crippen LogP contribution in [0.2, 0.25) is 0 Å². The van der Waals surface area contributed by atoms with Crippen LogP contribution in [0.25, 0.3) is 0 Å². The highest BCUT2D eigenvalue weighted by Crippen LogP contribution is 2.16. The van der Waals surface area contributed by atoms with Crippen LogP contribution in [0.15, 0.2) is 38.0 Å². The Bertz CT molecular complexity index is 435. The first-order chi connectivity index (χ1) is 9.78. The van der Waals surface area contributed by atoms with Gasteiger partial charge in [-0.2, -0.15) is 0 Å². The SMILES string of the molecule is C=CC(=O)NC(CO[P+](=O)O)(NC(=O)C=C)NC(=O)C=C. The summed E-state index contributed by atoms with van der Waals surface area (Å²) < 4.78 is 15.1. The van der Waals surface area contributed by atoms with E-state index in [-0.39, 0.29) is 0 Å². The summed E-state index contributed by atoms with van der Waals surface area (Å²) in [5, 5.41) is 6.55. The van der Waals surface area contributed by atoms with Crippen LogP contribution in [0.1, 0.15) is 0 Å². The molecule has 4 N–H and O–H groups in total. The molecule has 0 fully saturated rings. The third-order valence-corrected chi connectivity index (χ3v) is 2.31. The molecule has 0 heterocycles. The minimum absolute atomic E-state index is 0.725. The van der Waals surface area contributed by atoms with E-state index in [0.29, 0.717) is 0 Å². The molecule has 0 aromatic carbocycles. The first-order valence-corrected chi connectivity index (χ1v) is 6.54. The van der Waals surface area contributed by atoms with Crippen molar-refractivity contribution in [2.75, 3.05) is 6.61 Å². The lowest BCUT2D eigenvalue weighted by molar-refractivity contribution is -0.127. The normalized spacial score (nSPS) is 10.8. The van der Waals surface area contributed by atoms with Gasteiger partial charge in [0.15, 0.2) is 6.61 Å². The summed E-state index contributed by atoms with van der Waals surface area (Å²) in [6.07, 6.45) is 2.61. The molecule has 0 aliphatic rings. The molecule has 0 aliphatic carbocycles. The van der Waals surface area contributed by atoms with Crippen molar-refractivity contribution >= 4 is 26.0 Å². The fourth-order valence-electron chi connectivity index (χ4n) is 1.14. The summed E-state index contributed by atoms with van der Waals surface area (Å²) in [5.74, 6) is -4.31. The maximum absolute atomic E-state index is 11.4. The second kappa shape index (κ2) is 8.75. The van der Waals surface area contributed by atoms with Gasteiger partial charge in [0, 0.05) is 4.57 Å². The average Bonchev–Trinajstić information content (AvgIpc) is 2.44. The lowest BCUT2D eigenvalue weighted by Crippen LogP contribution is -2.72. The first kappa shape index (κ1) is 18.7. The molecule has 1 unspecified atom stereocenters. The van der Waals surface area contributed by atoms with Crippen LogP contribution in [0.4, 0.5) is 0 Å². The fourth-order valence-corrected chi connectivity index (χ4v) is 1.44. The number of carbonyl (C=O) groups is 3. The molecular formula is C11H15N3O6P+. The van der Waals surface area contributed by atoms with Gasteiger partial charge in [0.05, 0.1) is 0 Å². The highest BCUT2D eigenvalue weighted by atomic mass is 31.1.